The lowest BCUT2D eigenvalue weighted by Crippen LogP contribution is -2.42. The zero-order valence-electron chi connectivity index (χ0n) is 13.7. The molecular weight excluding hydrogens is 307 g/mol. The highest BCUT2D eigenvalue weighted by Crippen LogP contribution is 2.41. The first-order chi connectivity index (χ1) is 11.7. The Labute approximate surface area is 141 Å². The van der Waals surface area contributed by atoms with Gasteiger partial charge in [0.15, 0.2) is 0 Å². The number of hydrogen-bond acceptors (Lipinski definition) is 3. The van der Waals surface area contributed by atoms with E-state index in [0.29, 0.717) is 30.0 Å². The molecule has 0 saturated heterocycles. The van der Waals surface area contributed by atoms with E-state index >= 15 is 0 Å². The zero-order valence-corrected chi connectivity index (χ0v) is 13.7. The highest BCUT2D eigenvalue weighted by Gasteiger charge is 2.42. The third-order valence-electron chi connectivity index (χ3n) is 4.73. The lowest BCUT2D eigenvalue weighted by Gasteiger charge is -2.36. The summed E-state index contributed by atoms with van der Waals surface area (Å²) in [5.74, 6) is -0.00356. The van der Waals surface area contributed by atoms with E-state index in [4.69, 9.17) is 4.74 Å². The van der Waals surface area contributed by atoms with Crippen LogP contribution in [0.1, 0.15) is 37.7 Å². The number of nitrogens with one attached hydrogen (secondary N) is 1. The molecule has 4 nitrogen and oxygen atoms in total. The van der Waals surface area contributed by atoms with Crippen molar-refractivity contribution in [2.75, 3.05) is 12.4 Å². The van der Waals surface area contributed by atoms with Crippen molar-refractivity contribution in [3.05, 3.63) is 54.0 Å². The molecule has 0 bridgehead atoms. The number of ether oxygens (including phenoxy) is 1. The normalized spacial score (nSPS) is 16.4. The van der Waals surface area contributed by atoms with Crippen molar-refractivity contribution in [1.82, 2.24) is 4.98 Å². The number of carbonyl (C=O) groups is 1. The molecule has 24 heavy (non-hydrogen) atoms. The highest BCUT2D eigenvalue weighted by molar-refractivity contribution is 5.99. The Morgan fingerprint density at radius 1 is 1.17 bits per heavy atom. The Balaban J connectivity index is 1.90. The van der Waals surface area contributed by atoms with Gasteiger partial charge in [0.1, 0.15) is 5.82 Å². The first-order valence-electron chi connectivity index (χ1n) is 8.22. The van der Waals surface area contributed by atoms with Gasteiger partial charge in [-0.1, -0.05) is 37.5 Å². The van der Waals surface area contributed by atoms with Crippen molar-refractivity contribution in [3.63, 3.8) is 0 Å². The van der Waals surface area contributed by atoms with Crippen LogP contribution in [0, 0.1) is 5.82 Å². The molecule has 0 radical (unpaired) electrons. The summed E-state index contributed by atoms with van der Waals surface area (Å²) in [5, 5.41) is 2.91. The number of halogens is 1. The van der Waals surface area contributed by atoms with Crippen molar-refractivity contribution in [2.24, 2.45) is 0 Å². The summed E-state index contributed by atoms with van der Waals surface area (Å²) in [7, 11) is 1.54. The van der Waals surface area contributed by atoms with Crippen LogP contribution in [0.4, 0.5) is 10.1 Å². The van der Waals surface area contributed by atoms with E-state index in [-0.39, 0.29) is 11.7 Å². The molecule has 2 aromatic rings. The van der Waals surface area contributed by atoms with Gasteiger partial charge in [0.25, 0.3) is 0 Å². The minimum atomic E-state index is -0.816. The first-order valence-corrected chi connectivity index (χ1v) is 8.22. The van der Waals surface area contributed by atoms with Gasteiger partial charge >= 0.3 is 0 Å². The van der Waals surface area contributed by atoms with E-state index < -0.39 is 5.41 Å². The molecule has 5 heteroatoms. The Hall–Kier alpha value is -2.43. The molecule has 126 valence electrons. The smallest absolute Gasteiger partial charge is 0.235 e. The van der Waals surface area contributed by atoms with Crippen LogP contribution in [0.15, 0.2) is 42.6 Å². The molecule has 1 aliphatic rings. The third kappa shape index (κ3) is 3.11. The van der Waals surface area contributed by atoms with Crippen LogP contribution in [-0.2, 0) is 10.2 Å². The summed E-state index contributed by atoms with van der Waals surface area (Å²) < 4.78 is 19.4. The predicted octanol–water partition coefficient (Wildman–Crippen LogP) is 4.07. The second-order valence-corrected chi connectivity index (χ2v) is 6.17. The van der Waals surface area contributed by atoms with Gasteiger partial charge in [0.2, 0.25) is 11.8 Å². The van der Waals surface area contributed by atoms with E-state index in [0.717, 1.165) is 19.3 Å². The lowest BCUT2D eigenvalue weighted by molar-refractivity contribution is -0.122. The first kappa shape index (κ1) is 16.4. The fourth-order valence-electron chi connectivity index (χ4n) is 3.45. The standard InChI is InChI=1S/C19H21FN2O2/c1-24-17-10-9-14(13-21-17)22-18(23)19(11-5-2-6-12-19)15-7-3-4-8-16(15)20/h3-4,7-10,13H,2,5-6,11-12H2,1H3,(H,22,23). The maximum Gasteiger partial charge on any atom is 0.235 e. The molecule has 1 aromatic heterocycles. The third-order valence-corrected chi connectivity index (χ3v) is 4.73. The average Bonchev–Trinajstić information content (AvgIpc) is 2.63. The monoisotopic (exact) mass is 328 g/mol. The van der Waals surface area contributed by atoms with Gasteiger partial charge in [0.05, 0.1) is 24.4 Å². The molecule has 1 fully saturated rings. The number of anilines is 1. The molecule has 1 N–H and O–H groups in total. The number of amides is 1. The van der Waals surface area contributed by atoms with Crippen molar-refractivity contribution in [2.45, 2.75) is 37.5 Å². The molecule has 3 rings (SSSR count). The Bertz CT molecular complexity index is 710. The van der Waals surface area contributed by atoms with Gasteiger partial charge in [-0.3, -0.25) is 4.79 Å². The molecule has 1 aliphatic carbocycles. The Kier molecular flexibility index (Phi) is 4.79. The summed E-state index contributed by atoms with van der Waals surface area (Å²) in [4.78, 5) is 17.2. The number of carbonyl (C=O) groups excluding carboxylic acids is 1. The Morgan fingerprint density at radius 3 is 2.54 bits per heavy atom. The number of pyridine rings is 1. The summed E-state index contributed by atoms with van der Waals surface area (Å²) in [5.41, 5.74) is 0.259. The number of rotatable bonds is 4. The van der Waals surface area contributed by atoms with E-state index in [1.54, 1.807) is 36.5 Å². The largest absolute Gasteiger partial charge is 0.481 e. The number of benzene rings is 1. The van der Waals surface area contributed by atoms with Crippen molar-refractivity contribution < 1.29 is 13.9 Å². The Morgan fingerprint density at radius 2 is 1.92 bits per heavy atom. The van der Waals surface area contributed by atoms with Crippen LogP contribution in [0.2, 0.25) is 0 Å². The number of nitrogens with zero attached hydrogens (tertiary/aromatic N) is 1. The predicted molar refractivity (Wildman–Crippen MR) is 90.6 cm³/mol. The minimum absolute atomic E-state index is 0.167. The molecule has 0 spiro atoms. The average molecular weight is 328 g/mol. The number of methoxy groups -OCH3 is 1. The zero-order chi connectivity index (χ0) is 17.0. The van der Waals surface area contributed by atoms with Gasteiger partial charge in [-0.2, -0.15) is 0 Å². The quantitative estimate of drug-likeness (QED) is 0.920. The van der Waals surface area contributed by atoms with Gasteiger partial charge in [-0.05, 0) is 25.0 Å². The summed E-state index contributed by atoms with van der Waals surface area (Å²) in [6, 6.07) is 10.0. The maximum absolute atomic E-state index is 14.4. The van der Waals surface area contributed by atoms with E-state index in [9.17, 15) is 9.18 Å². The van der Waals surface area contributed by atoms with Crippen molar-refractivity contribution in [1.29, 1.82) is 0 Å². The maximum atomic E-state index is 14.4. The van der Waals surface area contributed by atoms with Crippen LogP contribution in [0.3, 0.4) is 0 Å². The van der Waals surface area contributed by atoms with Crippen molar-refractivity contribution >= 4 is 11.6 Å². The molecule has 1 saturated carbocycles. The van der Waals surface area contributed by atoms with E-state index in [1.165, 1.54) is 13.2 Å². The van der Waals surface area contributed by atoms with Crippen LogP contribution >= 0.6 is 0 Å². The molecule has 0 unspecified atom stereocenters. The van der Waals surface area contributed by atoms with E-state index in [1.807, 2.05) is 0 Å². The lowest BCUT2D eigenvalue weighted by atomic mass is 9.68. The van der Waals surface area contributed by atoms with Gasteiger partial charge in [-0.15, -0.1) is 0 Å². The van der Waals surface area contributed by atoms with Crippen LogP contribution in [0.25, 0.3) is 0 Å². The fraction of sp³-hybridized carbons (Fsp3) is 0.368. The summed E-state index contributed by atoms with van der Waals surface area (Å²) in [6.45, 7) is 0. The minimum Gasteiger partial charge on any atom is -0.481 e. The van der Waals surface area contributed by atoms with E-state index in [2.05, 4.69) is 10.3 Å². The highest BCUT2D eigenvalue weighted by atomic mass is 19.1. The molecule has 1 aromatic carbocycles. The van der Waals surface area contributed by atoms with Crippen molar-refractivity contribution in [3.8, 4) is 5.88 Å². The van der Waals surface area contributed by atoms with Gasteiger partial charge in [0, 0.05) is 11.6 Å². The molecule has 1 amide bonds. The molecule has 1 heterocycles. The number of hydrogen-bond donors (Lipinski definition) is 1. The van der Waals surface area contributed by atoms with Crippen LogP contribution in [0.5, 0.6) is 5.88 Å². The molecule has 0 aliphatic heterocycles. The van der Waals surface area contributed by atoms with Gasteiger partial charge in [-0.25, -0.2) is 9.37 Å². The van der Waals surface area contributed by atoms with Crippen LogP contribution in [-0.4, -0.2) is 18.0 Å². The SMILES string of the molecule is COc1ccc(NC(=O)C2(c3ccccc3F)CCCCC2)cn1. The second kappa shape index (κ2) is 6.99. The van der Waals surface area contributed by atoms with Gasteiger partial charge < -0.3 is 10.1 Å². The fourth-order valence-corrected chi connectivity index (χ4v) is 3.45. The molecule has 0 atom stereocenters. The summed E-state index contributed by atoms with van der Waals surface area (Å²) in [6.07, 6.45) is 5.78. The second-order valence-electron chi connectivity index (χ2n) is 6.17. The van der Waals surface area contributed by atoms with Crippen LogP contribution < -0.4 is 10.1 Å². The summed E-state index contributed by atoms with van der Waals surface area (Å²) >= 11 is 0. The topological polar surface area (TPSA) is 51.2 Å². The molecular formula is C19H21FN2O2. The number of aromatic nitrogens is 1.